The maximum absolute atomic E-state index is 4.15. The van der Waals surface area contributed by atoms with E-state index in [2.05, 4.69) is 48.5 Å². The normalized spacial score (nSPS) is 24.6. The van der Waals surface area contributed by atoms with E-state index >= 15 is 0 Å². The van der Waals surface area contributed by atoms with E-state index < -0.39 is 0 Å². The zero-order chi connectivity index (χ0) is 13.9. The monoisotopic (exact) mass is 265 g/mol. The van der Waals surface area contributed by atoms with E-state index in [1.807, 2.05) is 4.68 Å². The van der Waals surface area contributed by atoms with Crippen LogP contribution in [0.25, 0.3) is 0 Å². The van der Waals surface area contributed by atoms with Crippen LogP contribution in [-0.4, -0.2) is 25.7 Å². The number of aromatic nitrogens is 4. The predicted octanol–water partition coefficient (Wildman–Crippen LogP) is 2.39. The van der Waals surface area contributed by atoms with Gasteiger partial charge in [0.15, 0.2) is 5.82 Å². The first-order chi connectivity index (χ1) is 8.94. The number of nitrogens with one attached hydrogen (secondary N) is 1. The Bertz CT molecular complexity index is 385. The summed E-state index contributed by atoms with van der Waals surface area (Å²) >= 11 is 0. The predicted molar refractivity (Wildman–Crippen MR) is 75.5 cm³/mol. The van der Waals surface area contributed by atoms with Gasteiger partial charge in [-0.1, -0.05) is 19.8 Å². The molecular weight excluding hydrogens is 238 g/mol. The molecule has 0 amide bonds. The van der Waals surface area contributed by atoms with Crippen LogP contribution < -0.4 is 5.32 Å². The van der Waals surface area contributed by atoms with Gasteiger partial charge in [0.2, 0.25) is 0 Å². The summed E-state index contributed by atoms with van der Waals surface area (Å²) in [6.07, 6.45) is 5.32. The quantitative estimate of drug-likeness (QED) is 0.908. The van der Waals surface area contributed by atoms with E-state index in [9.17, 15) is 0 Å². The Labute approximate surface area is 116 Å². The van der Waals surface area contributed by atoms with Gasteiger partial charge in [0.05, 0.1) is 6.54 Å². The summed E-state index contributed by atoms with van der Waals surface area (Å²) in [4.78, 5) is 0. The van der Waals surface area contributed by atoms with Gasteiger partial charge in [0, 0.05) is 12.1 Å². The fourth-order valence-corrected chi connectivity index (χ4v) is 2.59. The van der Waals surface area contributed by atoms with Crippen molar-refractivity contribution in [2.24, 2.45) is 11.8 Å². The molecule has 1 saturated carbocycles. The van der Waals surface area contributed by atoms with Crippen LogP contribution in [0.15, 0.2) is 0 Å². The average Bonchev–Trinajstić information content (AvgIpc) is 2.76. The van der Waals surface area contributed by atoms with Crippen molar-refractivity contribution in [3.8, 4) is 0 Å². The Kier molecular flexibility index (Phi) is 4.55. The summed E-state index contributed by atoms with van der Waals surface area (Å²) in [7, 11) is 0. The third kappa shape index (κ3) is 4.56. The van der Waals surface area contributed by atoms with Crippen LogP contribution in [0.4, 0.5) is 0 Å². The summed E-state index contributed by atoms with van der Waals surface area (Å²) in [5, 5.41) is 15.6. The minimum absolute atomic E-state index is 0.0943. The minimum atomic E-state index is 0.0943. The van der Waals surface area contributed by atoms with E-state index in [-0.39, 0.29) is 5.54 Å². The van der Waals surface area contributed by atoms with Crippen molar-refractivity contribution in [1.29, 1.82) is 0 Å². The van der Waals surface area contributed by atoms with Crippen LogP contribution in [0.5, 0.6) is 0 Å². The molecule has 0 saturated heterocycles. The second-order valence-electron chi connectivity index (χ2n) is 7.01. The molecule has 0 atom stereocenters. The van der Waals surface area contributed by atoms with Crippen LogP contribution in [0.1, 0.15) is 59.2 Å². The van der Waals surface area contributed by atoms with Crippen molar-refractivity contribution >= 4 is 0 Å². The lowest BCUT2D eigenvalue weighted by Crippen LogP contribution is -2.36. The third-order valence-electron chi connectivity index (χ3n) is 3.95. The van der Waals surface area contributed by atoms with E-state index in [0.717, 1.165) is 30.7 Å². The summed E-state index contributed by atoms with van der Waals surface area (Å²) in [6.45, 7) is 10.5. The van der Waals surface area contributed by atoms with Gasteiger partial charge in [-0.2, -0.15) is 0 Å². The van der Waals surface area contributed by atoms with Crippen molar-refractivity contribution in [2.75, 3.05) is 0 Å². The maximum atomic E-state index is 4.15. The molecule has 0 aromatic carbocycles. The smallest absolute Gasteiger partial charge is 0.165 e. The molecular formula is C14H27N5. The lowest BCUT2D eigenvalue weighted by molar-refractivity contribution is 0.252. The standard InChI is InChI=1S/C14H27N5/c1-11-5-7-12(8-6-11)10-19-13(16-17-18-19)9-15-14(2,3)4/h11-12,15H,5-10H2,1-4H3. The van der Waals surface area contributed by atoms with Crippen LogP contribution >= 0.6 is 0 Å². The highest BCUT2D eigenvalue weighted by Crippen LogP contribution is 2.29. The van der Waals surface area contributed by atoms with Gasteiger partial charge in [-0.05, 0) is 55.9 Å². The van der Waals surface area contributed by atoms with E-state index in [1.54, 1.807) is 0 Å². The highest BCUT2D eigenvalue weighted by Gasteiger charge is 2.20. The summed E-state index contributed by atoms with van der Waals surface area (Å²) < 4.78 is 1.99. The SMILES string of the molecule is CC1CCC(Cn2nnnc2CNC(C)(C)C)CC1. The molecule has 1 fully saturated rings. The van der Waals surface area contributed by atoms with Gasteiger partial charge < -0.3 is 5.32 Å². The first kappa shape index (κ1) is 14.4. The van der Waals surface area contributed by atoms with E-state index in [4.69, 9.17) is 0 Å². The van der Waals surface area contributed by atoms with Gasteiger partial charge >= 0.3 is 0 Å². The summed E-state index contributed by atoms with van der Waals surface area (Å²) in [5.74, 6) is 2.59. The minimum Gasteiger partial charge on any atom is -0.305 e. The highest BCUT2D eigenvalue weighted by molar-refractivity contribution is 4.84. The summed E-state index contributed by atoms with van der Waals surface area (Å²) in [6, 6.07) is 0. The first-order valence-electron chi connectivity index (χ1n) is 7.44. The zero-order valence-electron chi connectivity index (χ0n) is 12.7. The van der Waals surface area contributed by atoms with E-state index in [0.29, 0.717) is 0 Å². The van der Waals surface area contributed by atoms with Crippen molar-refractivity contribution in [3.63, 3.8) is 0 Å². The largest absolute Gasteiger partial charge is 0.305 e. The summed E-state index contributed by atoms with van der Waals surface area (Å²) in [5.41, 5.74) is 0.0943. The molecule has 0 bridgehead atoms. The molecule has 0 aliphatic heterocycles. The van der Waals surface area contributed by atoms with Crippen LogP contribution in [-0.2, 0) is 13.1 Å². The molecule has 1 aromatic heterocycles. The Hall–Kier alpha value is -0.970. The second kappa shape index (κ2) is 5.99. The molecule has 1 aliphatic carbocycles. The Morgan fingerprint density at radius 1 is 1.21 bits per heavy atom. The van der Waals surface area contributed by atoms with Crippen LogP contribution in [0, 0.1) is 11.8 Å². The molecule has 0 spiro atoms. The molecule has 2 rings (SSSR count). The van der Waals surface area contributed by atoms with Crippen molar-refractivity contribution in [2.45, 2.75) is 72.0 Å². The van der Waals surface area contributed by atoms with Crippen LogP contribution in [0.3, 0.4) is 0 Å². The lowest BCUT2D eigenvalue weighted by atomic mass is 9.83. The average molecular weight is 265 g/mol. The third-order valence-corrected chi connectivity index (χ3v) is 3.95. The number of hydrogen-bond acceptors (Lipinski definition) is 4. The molecule has 1 N–H and O–H groups in total. The Morgan fingerprint density at radius 2 is 1.89 bits per heavy atom. The topological polar surface area (TPSA) is 55.6 Å². The molecule has 1 aliphatic rings. The number of nitrogens with zero attached hydrogens (tertiary/aromatic N) is 4. The van der Waals surface area contributed by atoms with Crippen molar-refractivity contribution in [3.05, 3.63) is 5.82 Å². The van der Waals surface area contributed by atoms with Gasteiger partial charge in [0.1, 0.15) is 0 Å². The first-order valence-corrected chi connectivity index (χ1v) is 7.44. The van der Waals surface area contributed by atoms with Gasteiger partial charge in [-0.15, -0.1) is 5.10 Å². The van der Waals surface area contributed by atoms with Crippen molar-refractivity contribution < 1.29 is 0 Å². The number of rotatable bonds is 4. The molecule has 0 unspecified atom stereocenters. The van der Waals surface area contributed by atoms with E-state index in [1.165, 1.54) is 25.7 Å². The van der Waals surface area contributed by atoms with Crippen molar-refractivity contribution in [1.82, 2.24) is 25.5 Å². The lowest BCUT2D eigenvalue weighted by Gasteiger charge is -2.26. The Morgan fingerprint density at radius 3 is 2.53 bits per heavy atom. The molecule has 5 heteroatoms. The van der Waals surface area contributed by atoms with Gasteiger partial charge in [-0.25, -0.2) is 4.68 Å². The number of hydrogen-bond donors (Lipinski definition) is 1. The molecule has 1 aromatic rings. The molecule has 5 nitrogen and oxygen atoms in total. The molecule has 19 heavy (non-hydrogen) atoms. The zero-order valence-corrected chi connectivity index (χ0v) is 12.7. The number of tetrazole rings is 1. The molecule has 108 valence electrons. The van der Waals surface area contributed by atoms with Gasteiger partial charge in [-0.3, -0.25) is 0 Å². The molecule has 1 heterocycles. The fourth-order valence-electron chi connectivity index (χ4n) is 2.59. The second-order valence-corrected chi connectivity index (χ2v) is 7.01. The Balaban J connectivity index is 1.88. The maximum Gasteiger partial charge on any atom is 0.165 e. The van der Waals surface area contributed by atoms with Crippen LogP contribution in [0.2, 0.25) is 0 Å². The molecule has 0 radical (unpaired) electrons. The van der Waals surface area contributed by atoms with Gasteiger partial charge in [0.25, 0.3) is 0 Å². The highest BCUT2D eigenvalue weighted by atomic mass is 15.5. The fraction of sp³-hybridized carbons (Fsp3) is 0.929.